The molecule has 2 heterocycles. The summed E-state index contributed by atoms with van der Waals surface area (Å²) in [4.78, 5) is 12.4. The van der Waals surface area contributed by atoms with E-state index in [-0.39, 0.29) is 0 Å². The van der Waals surface area contributed by atoms with E-state index in [1.54, 1.807) is 6.07 Å². The van der Waals surface area contributed by atoms with E-state index in [1.165, 1.54) is 24.2 Å². The highest BCUT2D eigenvalue weighted by Gasteiger charge is 2.31. The van der Waals surface area contributed by atoms with Crippen LogP contribution in [0.5, 0.6) is 0 Å². The van der Waals surface area contributed by atoms with Crippen molar-refractivity contribution in [1.82, 2.24) is 9.78 Å². The van der Waals surface area contributed by atoms with Crippen LogP contribution in [0.1, 0.15) is 41.2 Å². The number of thiophene rings is 1. The van der Waals surface area contributed by atoms with E-state index < -0.39 is 5.97 Å². The predicted molar refractivity (Wildman–Crippen MR) is 66.7 cm³/mol. The number of fused-ring (bicyclic) bond motifs is 1. The van der Waals surface area contributed by atoms with Gasteiger partial charge >= 0.3 is 5.97 Å². The van der Waals surface area contributed by atoms with Crippen molar-refractivity contribution in [2.45, 2.75) is 32.7 Å². The van der Waals surface area contributed by atoms with Crippen LogP contribution in [0.2, 0.25) is 0 Å². The minimum atomic E-state index is -0.851. The number of aromatic carboxylic acids is 1. The van der Waals surface area contributed by atoms with E-state index in [9.17, 15) is 4.79 Å². The molecule has 1 fully saturated rings. The van der Waals surface area contributed by atoms with Gasteiger partial charge in [0.15, 0.2) is 0 Å². The summed E-state index contributed by atoms with van der Waals surface area (Å²) < 4.78 is 2.01. The summed E-state index contributed by atoms with van der Waals surface area (Å²) in [7, 11) is 0. The number of carbonyl (C=O) groups is 1. The Morgan fingerprint density at radius 2 is 2.35 bits per heavy atom. The van der Waals surface area contributed by atoms with Gasteiger partial charge in [0.25, 0.3) is 0 Å². The predicted octanol–water partition coefficient (Wildman–Crippen LogP) is 3.08. The van der Waals surface area contributed by atoms with Crippen molar-refractivity contribution in [3.63, 3.8) is 0 Å². The van der Waals surface area contributed by atoms with Gasteiger partial charge in [-0.2, -0.15) is 5.10 Å². The van der Waals surface area contributed by atoms with Gasteiger partial charge in [-0.25, -0.2) is 4.79 Å². The Bertz CT molecular complexity index is 595. The second-order valence-electron chi connectivity index (χ2n) is 4.74. The van der Waals surface area contributed by atoms with Gasteiger partial charge in [0, 0.05) is 5.39 Å². The van der Waals surface area contributed by atoms with Crippen molar-refractivity contribution in [1.29, 1.82) is 0 Å². The lowest BCUT2D eigenvalue weighted by molar-refractivity contribution is 0.0702. The maximum absolute atomic E-state index is 11.0. The van der Waals surface area contributed by atoms with Gasteiger partial charge in [-0.05, 0) is 38.7 Å². The van der Waals surface area contributed by atoms with Crippen LogP contribution >= 0.6 is 11.3 Å². The molecule has 1 atom stereocenters. The molecule has 90 valence electrons. The van der Waals surface area contributed by atoms with Gasteiger partial charge in [-0.1, -0.05) is 0 Å². The molecule has 2 aromatic heterocycles. The van der Waals surface area contributed by atoms with Crippen LogP contribution < -0.4 is 0 Å². The van der Waals surface area contributed by atoms with Crippen LogP contribution in [0.25, 0.3) is 10.2 Å². The molecule has 2 aromatic rings. The monoisotopic (exact) mass is 250 g/mol. The van der Waals surface area contributed by atoms with E-state index >= 15 is 0 Å². The molecule has 1 N–H and O–H groups in total. The molecule has 0 aromatic carbocycles. The van der Waals surface area contributed by atoms with E-state index in [0.29, 0.717) is 16.8 Å². The normalized spacial score (nSPS) is 17.5. The Labute approximate surface area is 103 Å². The fourth-order valence-electron chi connectivity index (χ4n) is 2.23. The van der Waals surface area contributed by atoms with E-state index in [4.69, 9.17) is 5.11 Å². The van der Waals surface area contributed by atoms with Gasteiger partial charge in [0.1, 0.15) is 9.71 Å². The molecule has 1 aliphatic rings. The van der Waals surface area contributed by atoms with Crippen LogP contribution in [-0.4, -0.2) is 20.9 Å². The summed E-state index contributed by atoms with van der Waals surface area (Å²) in [6.45, 7) is 4.11. The Morgan fingerprint density at radius 1 is 1.65 bits per heavy atom. The number of rotatable bonds is 3. The van der Waals surface area contributed by atoms with Crippen LogP contribution in [0.15, 0.2) is 6.07 Å². The Hall–Kier alpha value is -1.36. The third-order valence-electron chi connectivity index (χ3n) is 3.47. The molecule has 0 saturated heterocycles. The number of hydrogen-bond donors (Lipinski definition) is 1. The molecular formula is C12H14N2O2S. The number of carboxylic acids is 1. The Kier molecular flexibility index (Phi) is 2.26. The minimum Gasteiger partial charge on any atom is -0.477 e. The number of carboxylic acid groups (broad SMARTS) is 1. The van der Waals surface area contributed by atoms with Gasteiger partial charge in [-0.3, -0.25) is 4.68 Å². The third kappa shape index (κ3) is 1.65. The highest BCUT2D eigenvalue weighted by molar-refractivity contribution is 7.20. The fourth-order valence-corrected chi connectivity index (χ4v) is 3.32. The average Bonchev–Trinajstić information content (AvgIpc) is 2.95. The van der Waals surface area contributed by atoms with Crippen LogP contribution in [0.4, 0.5) is 0 Å². The molecular weight excluding hydrogens is 236 g/mol. The minimum absolute atomic E-state index is 0.381. The molecule has 1 aliphatic carbocycles. The maximum Gasteiger partial charge on any atom is 0.345 e. The van der Waals surface area contributed by atoms with Crippen molar-refractivity contribution in [2.24, 2.45) is 5.92 Å². The van der Waals surface area contributed by atoms with Crippen molar-refractivity contribution in [2.75, 3.05) is 0 Å². The summed E-state index contributed by atoms with van der Waals surface area (Å²) in [6, 6.07) is 2.12. The summed E-state index contributed by atoms with van der Waals surface area (Å²) in [5.74, 6) is -0.135. The largest absolute Gasteiger partial charge is 0.477 e. The molecule has 0 bridgehead atoms. The highest BCUT2D eigenvalue weighted by atomic mass is 32.1. The lowest BCUT2D eigenvalue weighted by Gasteiger charge is -2.10. The number of nitrogens with zero attached hydrogens (tertiary/aromatic N) is 2. The standard InChI is InChI=1S/C12H14N2O2S/c1-6-9-5-10(12(15)16)17-11(9)14(13-6)7(2)8-3-4-8/h5,7-8H,3-4H2,1-2H3,(H,15,16). The molecule has 3 rings (SSSR count). The first-order valence-corrected chi connectivity index (χ1v) is 6.61. The summed E-state index contributed by atoms with van der Waals surface area (Å²) >= 11 is 1.33. The van der Waals surface area contributed by atoms with Crippen LogP contribution in [-0.2, 0) is 0 Å². The van der Waals surface area contributed by atoms with Gasteiger partial charge < -0.3 is 5.11 Å². The molecule has 0 spiro atoms. The molecule has 1 saturated carbocycles. The average molecular weight is 250 g/mol. The van der Waals surface area contributed by atoms with Crippen LogP contribution in [0.3, 0.4) is 0 Å². The smallest absolute Gasteiger partial charge is 0.345 e. The van der Waals surface area contributed by atoms with E-state index in [1.807, 2.05) is 11.6 Å². The van der Waals surface area contributed by atoms with Gasteiger partial charge in [0.2, 0.25) is 0 Å². The van der Waals surface area contributed by atoms with Crippen molar-refractivity contribution in [3.8, 4) is 0 Å². The zero-order valence-corrected chi connectivity index (χ0v) is 10.6. The van der Waals surface area contributed by atoms with Crippen molar-refractivity contribution in [3.05, 3.63) is 16.6 Å². The summed E-state index contributed by atoms with van der Waals surface area (Å²) in [6.07, 6.45) is 2.53. The quantitative estimate of drug-likeness (QED) is 0.910. The molecule has 5 heteroatoms. The first-order valence-electron chi connectivity index (χ1n) is 5.80. The summed E-state index contributed by atoms with van der Waals surface area (Å²) in [5, 5.41) is 14.6. The highest BCUT2D eigenvalue weighted by Crippen LogP contribution is 2.41. The van der Waals surface area contributed by atoms with Gasteiger partial charge in [-0.15, -0.1) is 11.3 Å². The first kappa shape index (κ1) is 10.8. The van der Waals surface area contributed by atoms with E-state index in [0.717, 1.165) is 15.9 Å². The second-order valence-corrected chi connectivity index (χ2v) is 5.77. The molecule has 4 nitrogen and oxygen atoms in total. The molecule has 0 radical (unpaired) electrons. The number of hydrogen-bond acceptors (Lipinski definition) is 3. The molecule has 0 amide bonds. The molecule has 1 unspecified atom stereocenters. The zero-order valence-electron chi connectivity index (χ0n) is 9.80. The first-order chi connectivity index (χ1) is 8.08. The second kappa shape index (κ2) is 3.57. The Balaban J connectivity index is 2.14. The van der Waals surface area contributed by atoms with E-state index in [2.05, 4.69) is 12.0 Å². The SMILES string of the molecule is Cc1nn(C(C)C2CC2)c2sc(C(=O)O)cc12. The topological polar surface area (TPSA) is 55.1 Å². The fraction of sp³-hybridized carbons (Fsp3) is 0.500. The lowest BCUT2D eigenvalue weighted by atomic mass is 10.2. The zero-order chi connectivity index (χ0) is 12.2. The van der Waals surface area contributed by atoms with Crippen molar-refractivity contribution < 1.29 is 9.90 Å². The third-order valence-corrected chi connectivity index (χ3v) is 4.58. The Morgan fingerprint density at radius 3 is 2.94 bits per heavy atom. The molecule has 17 heavy (non-hydrogen) atoms. The summed E-state index contributed by atoms with van der Waals surface area (Å²) in [5.41, 5.74) is 0.927. The number of aromatic nitrogens is 2. The molecule has 0 aliphatic heterocycles. The maximum atomic E-state index is 11.0. The lowest BCUT2D eigenvalue weighted by Crippen LogP contribution is -2.08. The van der Waals surface area contributed by atoms with Crippen LogP contribution in [0, 0.1) is 12.8 Å². The van der Waals surface area contributed by atoms with Crippen molar-refractivity contribution >= 4 is 27.5 Å². The van der Waals surface area contributed by atoms with Gasteiger partial charge in [0.05, 0.1) is 11.7 Å². The number of aryl methyl sites for hydroxylation is 1.